The highest BCUT2D eigenvalue weighted by Crippen LogP contribution is 2.24. The number of aromatic nitrogens is 3. The van der Waals surface area contributed by atoms with Crippen LogP contribution in [0.25, 0.3) is 0 Å². The zero-order valence-electron chi connectivity index (χ0n) is 13.9. The lowest BCUT2D eigenvalue weighted by Gasteiger charge is -2.36. The molecule has 1 aliphatic rings. The monoisotopic (exact) mass is 398 g/mol. The van der Waals surface area contributed by atoms with Crippen molar-refractivity contribution in [2.45, 2.75) is 12.7 Å². The molecule has 0 unspecified atom stereocenters. The third-order valence-electron chi connectivity index (χ3n) is 4.11. The maximum atomic E-state index is 12.5. The maximum absolute atomic E-state index is 12.5. The van der Waals surface area contributed by atoms with Crippen molar-refractivity contribution in [1.29, 1.82) is 5.26 Å². The van der Waals surface area contributed by atoms with Gasteiger partial charge in [0.15, 0.2) is 0 Å². The first-order valence-electron chi connectivity index (χ1n) is 7.97. The summed E-state index contributed by atoms with van der Waals surface area (Å²) in [6, 6.07) is 5.35. The summed E-state index contributed by atoms with van der Waals surface area (Å²) in [6.07, 6.45) is -1.82. The molecule has 0 bridgehead atoms. The van der Waals surface area contributed by atoms with E-state index in [1.807, 2.05) is 4.90 Å². The van der Waals surface area contributed by atoms with E-state index in [0.717, 1.165) is 0 Å². The topological polar surface area (TPSA) is 78.1 Å². The molecule has 0 spiro atoms. The van der Waals surface area contributed by atoms with Crippen molar-refractivity contribution in [3.05, 3.63) is 45.5 Å². The molecular weight excluding hydrogens is 385 g/mol. The summed E-state index contributed by atoms with van der Waals surface area (Å²) >= 11 is 6.01. The lowest BCUT2D eigenvalue weighted by molar-refractivity contribution is -0.143. The summed E-state index contributed by atoms with van der Waals surface area (Å²) in [5, 5.41) is 12.3. The van der Waals surface area contributed by atoms with Crippen LogP contribution in [0, 0.1) is 11.3 Å². The molecule has 0 N–H and O–H groups in total. The van der Waals surface area contributed by atoms with Gasteiger partial charge in [0.25, 0.3) is 5.56 Å². The first-order valence-corrected chi connectivity index (χ1v) is 8.35. The Kier molecular flexibility index (Phi) is 5.23. The first-order chi connectivity index (χ1) is 12.8. The molecule has 0 aliphatic carbocycles. The Bertz CT molecular complexity index is 931. The van der Waals surface area contributed by atoms with Crippen LogP contribution in [0.4, 0.5) is 24.7 Å². The van der Waals surface area contributed by atoms with Crippen molar-refractivity contribution in [3.63, 3.8) is 0 Å². The summed E-state index contributed by atoms with van der Waals surface area (Å²) in [4.78, 5) is 20.1. The third-order valence-corrected chi connectivity index (χ3v) is 4.47. The van der Waals surface area contributed by atoms with E-state index in [-0.39, 0.29) is 5.02 Å². The molecule has 1 fully saturated rings. The van der Waals surface area contributed by atoms with Gasteiger partial charge in [-0.15, -0.1) is 0 Å². The van der Waals surface area contributed by atoms with E-state index in [1.165, 1.54) is 6.20 Å². The lowest BCUT2D eigenvalue weighted by Crippen LogP contribution is -2.47. The minimum atomic E-state index is -4.56. The van der Waals surface area contributed by atoms with Gasteiger partial charge in [0.05, 0.1) is 23.5 Å². The molecule has 0 saturated carbocycles. The van der Waals surface area contributed by atoms with Gasteiger partial charge in [-0.2, -0.15) is 23.5 Å². The van der Waals surface area contributed by atoms with Crippen LogP contribution in [-0.2, 0) is 6.54 Å². The van der Waals surface area contributed by atoms with Crippen LogP contribution in [0.3, 0.4) is 0 Å². The minimum Gasteiger partial charge on any atom is -0.365 e. The SMILES string of the molecule is N#Cc1ccnc(N2CCN(c3cnn(CC(F)(F)F)c(=O)c3Cl)CC2)c1. The van der Waals surface area contributed by atoms with Gasteiger partial charge in [0, 0.05) is 32.4 Å². The van der Waals surface area contributed by atoms with Crippen molar-refractivity contribution in [2.75, 3.05) is 36.0 Å². The summed E-state index contributed by atoms with van der Waals surface area (Å²) in [5.41, 5.74) is -0.168. The smallest absolute Gasteiger partial charge is 0.365 e. The Morgan fingerprint density at radius 1 is 1.22 bits per heavy atom. The normalized spacial score (nSPS) is 14.9. The lowest BCUT2D eigenvalue weighted by atomic mass is 10.2. The fourth-order valence-corrected chi connectivity index (χ4v) is 3.06. The molecule has 1 aliphatic heterocycles. The van der Waals surface area contributed by atoms with Gasteiger partial charge in [-0.1, -0.05) is 11.6 Å². The van der Waals surface area contributed by atoms with Crippen LogP contribution in [0.15, 0.2) is 29.3 Å². The second-order valence-corrected chi connectivity index (χ2v) is 6.29. The van der Waals surface area contributed by atoms with E-state index in [0.29, 0.717) is 47.9 Å². The molecule has 11 heteroatoms. The number of hydrogen-bond acceptors (Lipinski definition) is 6. The van der Waals surface area contributed by atoms with Crippen LogP contribution in [0.5, 0.6) is 0 Å². The van der Waals surface area contributed by atoms with Crippen LogP contribution in [0.1, 0.15) is 5.56 Å². The number of alkyl halides is 3. The Labute approximate surface area is 157 Å². The number of nitriles is 1. The molecule has 2 aromatic heterocycles. The van der Waals surface area contributed by atoms with Crippen molar-refractivity contribution >= 4 is 23.1 Å². The van der Waals surface area contributed by atoms with E-state index in [9.17, 15) is 18.0 Å². The van der Waals surface area contributed by atoms with E-state index in [2.05, 4.69) is 16.2 Å². The van der Waals surface area contributed by atoms with Gasteiger partial charge in [-0.25, -0.2) is 9.67 Å². The quantitative estimate of drug-likeness (QED) is 0.787. The highest BCUT2D eigenvalue weighted by molar-refractivity contribution is 6.33. The van der Waals surface area contributed by atoms with E-state index < -0.39 is 18.3 Å². The number of halogens is 4. The largest absolute Gasteiger partial charge is 0.408 e. The molecule has 27 heavy (non-hydrogen) atoms. The Morgan fingerprint density at radius 2 is 1.89 bits per heavy atom. The highest BCUT2D eigenvalue weighted by Gasteiger charge is 2.30. The van der Waals surface area contributed by atoms with Gasteiger partial charge >= 0.3 is 6.18 Å². The average Bonchev–Trinajstić information content (AvgIpc) is 2.65. The van der Waals surface area contributed by atoms with Crippen LogP contribution < -0.4 is 15.4 Å². The zero-order chi connectivity index (χ0) is 19.6. The van der Waals surface area contributed by atoms with Crippen LogP contribution in [0.2, 0.25) is 5.02 Å². The number of piperazine rings is 1. The Hall–Kier alpha value is -2.80. The van der Waals surface area contributed by atoms with Gasteiger partial charge in [0.2, 0.25) is 0 Å². The molecule has 0 atom stereocenters. The molecule has 142 valence electrons. The molecule has 3 rings (SSSR count). The van der Waals surface area contributed by atoms with E-state index in [4.69, 9.17) is 16.9 Å². The highest BCUT2D eigenvalue weighted by atomic mass is 35.5. The van der Waals surface area contributed by atoms with Crippen LogP contribution in [-0.4, -0.2) is 47.1 Å². The van der Waals surface area contributed by atoms with E-state index >= 15 is 0 Å². The molecule has 7 nitrogen and oxygen atoms in total. The molecule has 0 aromatic carbocycles. The van der Waals surface area contributed by atoms with Gasteiger partial charge in [-0.05, 0) is 12.1 Å². The fourth-order valence-electron chi connectivity index (χ4n) is 2.80. The van der Waals surface area contributed by atoms with Crippen LogP contribution >= 0.6 is 11.6 Å². The summed E-state index contributed by atoms with van der Waals surface area (Å²) in [6.45, 7) is 0.555. The van der Waals surface area contributed by atoms with Crippen molar-refractivity contribution < 1.29 is 13.2 Å². The average molecular weight is 399 g/mol. The Balaban J connectivity index is 1.73. The van der Waals surface area contributed by atoms with Crippen molar-refractivity contribution in [1.82, 2.24) is 14.8 Å². The number of nitrogens with zero attached hydrogens (tertiary/aromatic N) is 6. The molecule has 2 aromatic rings. The number of pyridine rings is 1. The first kappa shape index (κ1) is 19.0. The fraction of sp³-hybridized carbons (Fsp3) is 0.375. The van der Waals surface area contributed by atoms with Gasteiger partial charge in [-0.3, -0.25) is 4.79 Å². The zero-order valence-corrected chi connectivity index (χ0v) is 14.7. The predicted molar refractivity (Wildman–Crippen MR) is 92.9 cm³/mol. The predicted octanol–water partition coefficient (Wildman–Crippen LogP) is 2.05. The summed E-state index contributed by atoms with van der Waals surface area (Å²) < 4.78 is 37.8. The van der Waals surface area contributed by atoms with Crippen molar-refractivity contribution in [3.8, 4) is 6.07 Å². The van der Waals surface area contributed by atoms with E-state index in [1.54, 1.807) is 23.2 Å². The second-order valence-electron chi connectivity index (χ2n) is 5.91. The maximum Gasteiger partial charge on any atom is 0.408 e. The summed E-state index contributed by atoms with van der Waals surface area (Å²) in [5.74, 6) is 0.665. The number of anilines is 2. The number of hydrogen-bond donors (Lipinski definition) is 0. The second kappa shape index (κ2) is 7.44. The van der Waals surface area contributed by atoms with Crippen molar-refractivity contribution in [2.24, 2.45) is 0 Å². The Morgan fingerprint density at radius 3 is 2.52 bits per heavy atom. The standard InChI is InChI=1S/C16H14ClF3N6O/c17-14-12(9-23-26(15(14)27)10-16(18,19)20)24-3-5-25(6-4-24)13-7-11(8-21)1-2-22-13/h1-2,7,9H,3-6,10H2. The van der Waals surface area contributed by atoms with Gasteiger partial charge in [0.1, 0.15) is 17.4 Å². The molecular formula is C16H14ClF3N6O. The molecule has 0 radical (unpaired) electrons. The third kappa shape index (κ3) is 4.31. The molecule has 0 amide bonds. The molecule has 3 heterocycles. The van der Waals surface area contributed by atoms with Gasteiger partial charge < -0.3 is 9.80 Å². The minimum absolute atomic E-state index is 0.285. The number of rotatable bonds is 3. The summed E-state index contributed by atoms with van der Waals surface area (Å²) in [7, 11) is 0. The molecule has 1 saturated heterocycles.